The van der Waals surface area contributed by atoms with E-state index in [1.807, 2.05) is 6.92 Å². The third kappa shape index (κ3) is 3.73. The number of fused-ring (bicyclic) bond motifs is 1. The fourth-order valence-corrected chi connectivity index (χ4v) is 2.91. The van der Waals surface area contributed by atoms with Gasteiger partial charge < -0.3 is 9.88 Å². The Balaban J connectivity index is 2.07. The van der Waals surface area contributed by atoms with E-state index in [4.69, 9.17) is 11.6 Å². The summed E-state index contributed by atoms with van der Waals surface area (Å²) in [4.78, 5) is 29.7. The van der Waals surface area contributed by atoms with Gasteiger partial charge in [0.1, 0.15) is 11.2 Å². The van der Waals surface area contributed by atoms with E-state index in [-0.39, 0.29) is 21.7 Å². The second kappa shape index (κ2) is 7.27. The zero-order valence-corrected chi connectivity index (χ0v) is 15.6. The van der Waals surface area contributed by atoms with Crippen molar-refractivity contribution in [2.75, 3.05) is 5.32 Å². The summed E-state index contributed by atoms with van der Waals surface area (Å²) in [6.07, 6.45) is -3.25. The van der Waals surface area contributed by atoms with Gasteiger partial charge in [-0.3, -0.25) is 9.59 Å². The number of pyridine rings is 2. The molecular weight excluding hydrogens is 395 g/mol. The molecule has 0 aliphatic rings. The quantitative estimate of drug-likeness (QED) is 0.685. The molecule has 2 heterocycles. The van der Waals surface area contributed by atoms with Crippen LogP contribution in [0.15, 0.2) is 41.3 Å². The van der Waals surface area contributed by atoms with Gasteiger partial charge in [0.25, 0.3) is 5.91 Å². The molecule has 0 saturated carbocycles. The van der Waals surface area contributed by atoms with Gasteiger partial charge >= 0.3 is 6.18 Å². The number of hydrogen-bond donors (Lipinski definition) is 1. The van der Waals surface area contributed by atoms with Crippen molar-refractivity contribution in [2.24, 2.45) is 0 Å². The molecule has 9 heteroatoms. The molecule has 0 fully saturated rings. The highest BCUT2D eigenvalue weighted by Gasteiger charge is 2.31. The average Bonchev–Trinajstić information content (AvgIpc) is 2.62. The second-order valence-electron chi connectivity index (χ2n) is 6.13. The van der Waals surface area contributed by atoms with Crippen LogP contribution in [0.25, 0.3) is 11.0 Å². The molecule has 146 valence electrons. The molecule has 0 saturated heterocycles. The van der Waals surface area contributed by atoms with E-state index in [1.165, 1.54) is 6.20 Å². The number of nitrogens with one attached hydrogen (secondary N) is 1. The van der Waals surface area contributed by atoms with Gasteiger partial charge in [-0.25, -0.2) is 4.98 Å². The maximum Gasteiger partial charge on any atom is 0.416 e. The zero-order valence-electron chi connectivity index (χ0n) is 14.9. The number of alkyl halides is 3. The minimum absolute atomic E-state index is 0.0738. The topological polar surface area (TPSA) is 64.0 Å². The van der Waals surface area contributed by atoms with Crippen LogP contribution in [0.4, 0.5) is 18.9 Å². The third-order valence-electron chi connectivity index (χ3n) is 4.19. The highest BCUT2D eigenvalue weighted by atomic mass is 35.5. The number of carbonyl (C=O) groups excluding carboxylic acids is 1. The summed E-state index contributed by atoms with van der Waals surface area (Å²) in [5, 5.41) is 2.47. The summed E-state index contributed by atoms with van der Waals surface area (Å²) in [5.74, 6) is -0.851. The first-order valence-corrected chi connectivity index (χ1v) is 8.68. The van der Waals surface area contributed by atoms with Crippen LogP contribution < -0.4 is 10.7 Å². The molecule has 0 radical (unpaired) electrons. The minimum Gasteiger partial charge on any atom is -0.332 e. The van der Waals surface area contributed by atoms with Crippen molar-refractivity contribution in [3.05, 3.63) is 68.6 Å². The van der Waals surface area contributed by atoms with Crippen LogP contribution in [0.5, 0.6) is 0 Å². The van der Waals surface area contributed by atoms with E-state index < -0.39 is 23.1 Å². The van der Waals surface area contributed by atoms with Crippen LogP contribution in [-0.4, -0.2) is 15.5 Å². The molecule has 0 spiro atoms. The lowest BCUT2D eigenvalue weighted by molar-refractivity contribution is -0.137. The summed E-state index contributed by atoms with van der Waals surface area (Å²) in [6, 6.07) is 5.79. The number of anilines is 1. The van der Waals surface area contributed by atoms with Gasteiger partial charge in [-0.2, -0.15) is 13.2 Å². The molecule has 0 aliphatic heterocycles. The van der Waals surface area contributed by atoms with Crippen molar-refractivity contribution < 1.29 is 18.0 Å². The molecule has 1 N–H and O–H groups in total. The van der Waals surface area contributed by atoms with Gasteiger partial charge in [0, 0.05) is 18.4 Å². The number of benzene rings is 1. The number of aryl methyl sites for hydroxylation is 2. The standard InChI is InChI=1S/C19H15ClF3N3O2/c1-3-26-9-13(16(27)12-6-4-10(2)24-17(12)26)18(28)25-15-8-11(19(21,22)23)5-7-14(15)20/h4-9H,3H2,1-2H3,(H,25,28). The molecule has 3 rings (SSSR count). The Morgan fingerprint density at radius 2 is 1.96 bits per heavy atom. The Hall–Kier alpha value is -2.87. The first kappa shape index (κ1) is 19.9. The largest absolute Gasteiger partial charge is 0.416 e. The minimum atomic E-state index is -4.59. The summed E-state index contributed by atoms with van der Waals surface area (Å²) < 4.78 is 40.4. The van der Waals surface area contributed by atoms with Gasteiger partial charge in [-0.1, -0.05) is 11.6 Å². The molecule has 5 nitrogen and oxygen atoms in total. The number of aromatic nitrogens is 2. The maximum atomic E-state index is 12.9. The van der Waals surface area contributed by atoms with Crippen molar-refractivity contribution in [2.45, 2.75) is 26.6 Å². The lowest BCUT2D eigenvalue weighted by atomic mass is 10.1. The first-order valence-electron chi connectivity index (χ1n) is 8.30. The van der Waals surface area contributed by atoms with Gasteiger partial charge in [-0.15, -0.1) is 0 Å². The van der Waals surface area contributed by atoms with Crippen LogP contribution >= 0.6 is 11.6 Å². The Kier molecular flexibility index (Phi) is 5.16. The summed E-state index contributed by atoms with van der Waals surface area (Å²) >= 11 is 5.91. The summed E-state index contributed by atoms with van der Waals surface area (Å²) in [6.45, 7) is 4.04. The monoisotopic (exact) mass is 409 g/mol. The highest BCUT2D eigenvalue weighted by Crippen LogP contribution is 2.34. The van der Waals surface area contributed by atoms with Gasteiger partial charge in [0.05, 0.1) is 21.7 Å². The van der Waals surface area contributed by atoms with Crippen LogP contribution in [0.2, 0.25) is 5.02 Å². The lowest BCUT2D eigenvalue weighted by Gasteiger charge is -2.13. The predicted octanol–water partition coefficient (Wildman–Crippen LogP) is 4.65. The van der Waals surface area contributed by atoms with Crippen molar-refractivity contribution in [1.29, 1.82) is 0 Å². The molecule has 0 unspecified atom stereocenters. The van der Waals surface area contributed by atoms with Crippen molar-refractivity contribution in [3.8, 4) is 0 Å². The van der Waals surface area contributed by atoms with Crippen LogP contribution in [0.1, 0.15) is 28.5 Å². The fourth-order valence-electron chi connectivity index (χ4n) is 2.75. The molecule has 2 aromatic heterocycles. The number of carbonyl (C=O) groups is 1. The second-order valence-corrected chi connectivity index (χ2v) is 6.54. The Bertz CT molecular complexity index is 1140. The van der Waals surface area contributed by atoms with Crippen molar-refractivity contribution in [1.82, 2.24) is 9.55 Å². The van der Waals surface area contributed by atoms with E-state index in [0.29, 0.717) is 17.9 Å². The molecule has 28 heavy (non-hydrogen) atoms. The molecule has 0 atom stereocenters. The summed E-state index contributed by atoms with van der Waals surface area (Å²) in [5.41, 5.74) is -0.827. The number of hydrogen-bond acceptors (Lipinski definition) is 3. The lowest BCUT2D eigenvalue weighted by Crippen LogP contribution is -2.24. The van der Waals surface area contributed by atoms with Gasteiger partial charge in [0.15, 0.2) is 0 Å². The van der Waals surface area contributed by atoms with Crippen LogP contribution in [0.3, 0.4) is 0 Å². The Labute approximate surface area is 162 Å². The molecule has 3 aromatic rings. The van der Waals surface area contributed by atoms with E-state index in [0.717, 1.165) is 18.2 Å². The number of amides is 1. The fraction of sp³-hybridized carbons (Fsp3) is 0.211. The SMILES string of the molecule is CCn1cc(C(=O)Nc2cc(C(F)(F)F)ccc2Cl)c(=O)c2ccc(C)nc21. The average molecular weight is 410 g/mol. The van der Waals surface area contributed by atoms with E-state index in [2.05, 4.69) is 10.3 Å². The molecular formula is C19H15ClF3N3O2. The Morgan fingerprint density at radius 1 is 1.25 bits per heavy atom. The van der Waals surface area contributed by atoms with Gasteiger partial charge in [0.2, 0.25) is 5.43 Å². The Morgan fingerprint density at radius 3 is 2.61 bits per heavy atom. The first-order chi connectivity index (χ1) is 13.1. The molecule has 0 aliphatic carbocycles. The maximum absolute atomic E-state index is 12.9. The zero-order chi connectivity index (χ0) is 20.6. The van der Waals surface area contributed by atoms with Crippen LogP contribution in [0, 0.1) is 6.92 Å². The molecule has 1 aromatic carbocycles. The number of halogens is 4. The third-order valence-corrected chi connectivity index (χ3v) is 4.52. The van der Waals surface area contributed by atoms with Crippen molar-refractivity contribution in [3.63, 3.8) is 0 Å². The van der Waals surface area contributed by atoms with Gasteiger partial charge in [-0.05, 0) is 44.2 Å². The number of nitrogens with zero attached hydrogens (tertiary/aromatic N) is 2. The summed E-state index contributed by atoms with van der Waals surface area (Å²) in [7, 11) is 0. The highest BCUT2D eigenvalue weighted by molar-refractivity contribution is 6.34. The van der Waals surface area contributed by atoms with Crippen molar-refractivity contribution >= 4 is 34.2 Å². The predicted molar refractivity (Wildman–Crippen MR) is 101 cm³/mol. The van der Waals surface area contributed by atoms with Crippen LogP contribution in [-0.2, 0) is 12.7 Å². The van der Waals surface area contributed by atoms with E-state index in [9.17, 15) is 22.8 Å². The molecule has 0 bridgehead atoms. The van der Waals surface area contributed by atoms with E-state index >= 15 is 0 Å². The smallest absolute Gasteiger partial charge is 0.332 e. The molecule has 1 amide bonds. The van der Waals surface area contributed by atoms with E-state index in [1.54, 1.807) is 23.6 Å². The normalized spacial score (nSPS) is 11.6. The number of rotatable bonds is 3.